The Bertz CT molecular complexity index is 321. The smallest absolute Gasteiger partial charge is 0.224 e. The van der Waals surface area contributed by atoms with Crippen LogP contribution in [0.1, 0.15) is 39.0 Å². The molecular formula is C12H20N4. The molecule has 1 aromatic rings. The van der Waals surface area contributed by atoms with E-state index in [9.17, 15) is 0 Å². The summed E-state index contributed by atoms with van der Waals surface area (Å²) in [6.45, 7) is 3.10. The predicted molar refractivity (Wildman–Crippen MR) is 66.7 cm³/mol. The van der Waals surface area contributed by atoms with E-state index in [-0.39, 0.29) is 0 Å². The van der Waals surface area contributed by atoms with E-state index in [2.05, 4.69) is 27.5 Å². The molecule has 0 unspecified atom stereocenters. The summed E-state index contributed by atoms with van der Waals surface area (Å²) in [5, 5.41) is 6.66. The Kier molecular flexibility index (Phi) is 3.97. The molecule has 1 aliphatic carbocycles. The van der Waals surface area contributed by atoms with Gasteiger partial charge < -0.3 is 10.6 Å². The quantitative estimate of drug-likeness (QED) is 0.801. The third-order valence-corrected chi connectivity index (χ3v) is 2.90. The van der Waals surface area contributed by atoms with Crippen molar-refractivity contribution in [2.24, 2.45) is 0 Å². The number of nitrogens with one attached hydrogen (secondary N) is 2. The molecule has 0 amide bonds. The van der Waals surface area contributed by atoms with Crippen LogP contribution in [0.4, 0.5) is 11.8 Å². The van der Waals surface area contributed by atoms with Crippen LogP contribution in [-0.2, 0) is 0 Å². The van der Waals surface area contributed by atoms with Crippen LogP contribution in [0.5, 0.6) is 0 Å². The molecule has 1 aliphatic rings. The molecule has 0 aromatic carbocycles. The number of hydrogen-bond acceptors (Lipinski definition) is 4. The van der Waals surface area contributed by atoms with Crippen LogP contribution < -0.4 is 10.6 Å². The van der Waals surface area contributed by atoms with Crippen molar-refractivity contribution in [1.29, 1.82) is 0 Å². The molecule has 16 heavy (non-hydrogen) atoms. The fourth-order valence-electron chi connectivity index (χ4n) is 2.03. The highest BCUT2D eigenvalue weighted by atomic mass is 15.1. The lowest BCUT2D eigenvalue weighted by Crippen LogP contribution is -2.17. The molecule has 0 radical (unpaired) electrons. The summed E-state index contributed by atoms with van der Waals surface area (Å²) in [5.74, 6) is 1.67. The second-order valence-electron chi connectivity index (χ2n) is 4.32. The summed E-state index contributed by atoms with van der Waals surface area (Å²) < 4.78 is 0. The van der Waals surface area contributed by atoms with Crippen molar-refractivity contribution < 1.29 is 0 Å². The minimum absolute atomic E-state index is 0.571. The first-order valence-electron chi connectivity index (χ1n) is 6.22. The van der Waals surface area contributed by atoms with Gasteiger partial charge in [-0.05, 0) is 25.3 Å². The molecule has 4 heteroatoms. The van der Waals surface area contributed by atoms with Gasteiger partial charge in [-0.1, -0.05) is 19.8 Å². The van der Waals surface area contributed by atoms with E-state index in [4.69, 9.17) is 0 Å². The van der Waals surface area contributed by atoms with E-state index in [1.54, 1.807) is 0 Å². The average molecular weight is 220 g/mol. The first-order chi connectivity index (χ1) is 7.88. The monoisotopic (exact) mass is 220 g/mol. The molecule has 0 spiro atoms. The van der Waals surface area contributed by atoms with Gasteiger partial charge >= 0.3 is 0 Å². The number of aromatic nitrogens is 2. The molecule has 2 rings (SSSR count). The van der Waals surface area contributed by atoms with Crippen LogP contribution in [0.3, 0.4) is 0 Å². The standard InChI is InChI=1S/C12H20N4/c1-2-8-13-11-7-9-14-12(16-11)15-10-5-3-4-6-10/h7,9-10H,2-6,8H2,1H3,(H2,13,14,15,16). The molecule has 88 valence electrons. The Balaban J connectivity index is 1.92. The predicted octanol–water partition coefficient (Wildman–Crippen LogP) is 2.65. The second-order valence-corrected chi connectivity index (χ2v) is 4.32. The van der Waals surface area contributed by atoms with Crippen molar-refractivity contribution in [2.75, 3.05) is 17.2 Å². The molecule has 0 aliphatic heterocycles. The van der Waals surface area contributed by atoms with Gasteiger partial charge in [-0.3, -0.25) is 0 Å². The largest absolute Gasteiger partial charge is 0.370 e. The summed E-state index contributed by atoms with van der Waals surface area (Å²) in [6.07, 6.45) is 8.06. The first-order valence-corrected chi connectivity index (χ1v) is 6.22. The zero-order valence-corrected chi connectivity index (χ0v) is 9.87. The highest BCUT2D eigenvalue weighted by molar-refractivity contribution is 5.39. The molecule has 0 atom stereocenters. The summed E-state index contributed by atoms with van der Waals surface area (Å²) in [7, 11) is 0. The van der Waals surface area contributed by atoms with E-state index < -0.39 is 0 Å². The van der Waals surface area contributed by atoms with Gasteiger partial charge in [0.05, 0.1) is 0 Å². The molecule has 1 heterocycles. The third-order valence-electron chi connectivity index (χ3n) is 2.90. The topological polar surface area (TPSA) is 49.8 Å². The van der Waals surface area contributed by atoms with Gasteiger partial charge in [0.2, 0.25) is 5.95 Å². The van der Waals surface area contributed by atoms with Gasteiger partial charge in [-0.15, -0.1) is 0 Å². The van der Waals surface area contributed by atoms with Crippen LogP contribution in [0, 0.1) is 0 Å². The lowest BCUT2D eigenvalue weighted by Gasteiger charge is -2.12. The number of rotatable bonds is 5. The maximum atomic E-state index is 4.44. The van der Waals surface area contributed by atoms with Gasteiger partial charge in [-0.25, -0.2) is 4.98 Å². The molecule has 0 bridgehead atoms. The Hall–Kier alpha value is -1.32. The lowest BCUT2D eigenvalue weighted by atomic mass is 10.2. The molecule has 4 nitrogen and oxygen atoms in total. The van der Waals surface area contributed by atoms with Gasteiger partial charge in [0.1, 0.15) is 5.82 Å². The zero-order valence-electron chi connectivity index (χ0n) is 9.87. The maximum absolute atomic E-state index is 4.44. The van der Waals surface area contributed by atoms with Crippen LogP contribution in [0.2, 0.25) is 0 Å². The first kappa shape index (κ1) is 11.2. The van der Waals surface area contributed by atoms with Crippen molar-refractivity contribution >= 4 is 11.8 Å². The van der Waals surface area contributed by atoms with Crippen LogP contribution in [-0.4, -0.2) is 22.6 Å². The van der Waals surface area contributed by atoms with Crippen LogP contribution in [0.15, 0.2) is 12.3 Å². The van der Waals surface area contributed by atoms with Crippen molar-refractivity contribution in [3.8, 4) is 0 Å². The molecule has 0 saturated heterocycles. The van der Waals surface area contributed by atoms with E-state index in [0.717, 1.165) is 24.7 Å². The zero-order chi connectivity index (χ0) is 11.2. The Morgan fingerprint density at radius 1 is 1.38 bits per heavy atom. The summed E-state index contributed by atoms with van der Waals surface area (Å²) >= 11 is 0. The molecule has 1 saturated carbocycles. The van der Waals surface area contributed by atoms with Crippen molar-refractivity contribution in [1.82, 2.24) is 9.97 Å². The molecule has 2 N–H and O–H groups in total. The Morgan fingerprint density at radius 3 is 2.94 bits per heavy atom. The van der Waals surface area contributed by atoms with E-state index in [1.165, 1.54) is 25.7 Å². The third kappa shape index (κ3) is 3.08. The number of anilines is 2. The van der Waals surface area contributed by atoms with Gasteiger partial charge in [0.15, 0.2) is 0 Å². The van der Waals surface area contributed by atoms with Crippen LogP contribution in [0.25, 0.3) is 0 Å². The number of hydrogen-bond donors (Lipinski definition) is 2. The maximum Gasteiger partial charge on any atom is 0.224 e. The van der Waals surface area contributed by atoms with Gasteiger partial charge in [0.25, 0.3) is 0 Å². The lowest BCUT2D eigenvalue weighted by molar-refractivity contribution is 0.744. The van der Waals surface area contributed by atoms with Crippen molar-refractivity contribution in [2.45, 2.75) is 45.1 Å². The molecular weight excluding hydrogens is 200 g/mol. The summed E-state index contributed by atoms with van der Waals surface area (Å²) in [5.41, 5.74) is 0. The fraction of sp³-hybridized carbons (Fsp3) is 0.667. The fourth-order valence-corrected chi connectivity index (χ4v) is 2.03. The highest BCUT2D eigenvalue weighted by Crippen LogP contribution is 2.20. The summed E-state index contributed by atoms with van der Waals surface area (Å²) in [6, 6.07) is 2.48. The number of nitrogens with zero attached hydrogens (tertiary/aromatic N) is 2. The molecule has 1 aromatic heterocycles. The van der Waals surface area contributed by atoms with E-state index in [0.29, 0.717) is 6.04 Å². The summed E-state index contributed by atoms with van der Waals surface area (Å²) in [4.78, 5) is 8.69. The van der Waals surface area contributed by atoms with Gasteiger partial charge in [-0.2, -0.15) is 4.98 Å². The Morgan fingerprint density at radius 2 is 2.19 bits per heavy atom. The van der Waals surface area contributed by atoms with E-state index in [1.807, 2.05) is 12.3 Å². The Labute approximate surface area is 96.9 Å². The minimum Gasteiger partial charge on any atom is -0.370 e. The van der Waals surface area contributed by atoms with E-state index >= 15 is 0 Å². The average Bonchev–Trinajstić information content (AvgIpc) is 2.80. The van der Waals surface area contributed by atoms with Crippen molar-refractivity contribution in [3.05, 3.63) is 12.3 Å². The highest BCUT2D eigenvalue weighted by Gasteiger charge is 2.15. The normalized spacial score (nSPS) is 16.3. The van der Waals surface area contributed by atoms with Crippen molar-refractivity contribution in [3.63, 3.8) is 0 Å². The van der Waals surface area contributed by atoms with Crippen LogP contribution >= 0.6 is 0 Å². The van der Waals surface area contributed by atoms with Gasteiger partial charge in [0, 0.05) is 18.8 Å². The SMILES string of the molecule is CCCNc1ccnc(NC2CCCC2)n1. The minimum atomic E-state index is 0.571. The second kappa shape index (κ2) is 5.68. The molecule has 1 fully saturated rings.